The molecule has 0 aromatic heterocycles. The Labute approximate surface area is 121 Å². The Morgan fingerprint density at radius 1 is 0.800 bits per heavy atom. The molecule has 4 nitrogen and oxygen atoms in total. The summed E-state index contributed by atoms with van der Waals surface area (Å²) in [7, 11) is 0. The maximum absolute atomic E-state index is 3.65. The van der Waals surface area contributed by atoms with Crippen molar-refractivity contribution < 1.29 is 0 Å². The van der Waals surface area contributed by atoms with Gasteiger partial charge in [-0.15, -0.1) is 0 Å². The van der Waals surface area contributed by atoms with Crippen LogP contribution in [0.3, 0.4) is 0 Å². The Kier molecular flexibility index (Phi) is 3.17. The van der Waals surface area contributed by atoms with Gasteiger partial charge in [-0.05, 0) is 31.7 Å². The Morgan fingerprint density at radius 3 is 2.10 bits per heavy atom. The van der Waals surface area contributed by atoms with Crippen LogP contribution in [0.2, 0.25) is 0 Å². The average Bonchev–Trinajstić information content (AvgIpc) is 3.16. The lowest BCUT2D eigenvalue weighted by atomic mass is 10.0. The molecule has 2 saturated heterocycles. The number of nitrogens with one attached hydrogen (secondary N) is 2. The van der Waals surface area contributed by atoms with E-state index in [1.807, 2.05) is 0 Å². The minimum absolute atomic E-state index is 0.118. The number of fused-ring (bicyclic) bond motifs is 1. The van der Waals surface area contributed by atoms with Crippen molar-refractivity contribution in [2.24, 2.45) is 0 Å². The van der Waals surface area contributed by atoms with E-state index in [0.29, 0.717) is 0 Å². The predicted molar refractivity (Wildman–Crippen MR) is 81.1 cm³/mol. The van der Waals surface area contributed by atoms with Gasteiger partial charge in [0.15, 0.2) is 5.79 Å². The summed E-state index contributed by atoms with van der Waals surface area (Å²) in [6, 6.07) is 8.76. The van der Waals surface area contributed by atoms with Crippen molar-refractivity contribution in [1.29, 1.82) is 0 Å². The summed E-state index contributed by atoms with van der Waals surface area (Å²) in [5.74, 6) is -0.118. The van der Waals surface area contributed by atoms with Crippen LogP contribution in [-0.2, 0) is 5.79 Å². The van der Waals surface area contributed by atoms with E-state index >= 15 is 0 Å². The summed E-state index contributed by atoms with van der Waals surface area (Å²) in [5.41, 5.74) is 9.73. The minimum atomic E-state index is -0.118. The van der Waals surface area contributed by atoms with Crippen molar-refractivity contribution in [1.82, 2.24) is 15.2 Å². The number of para-hydroxylation sites is 1. The molecule has 1 unspecified atom stereocenters. The largest absolute Gasteiger partial charge is 0.318 e. The minimum Gasteiger partial charge on any atom is -0.318 e. The van der Waals surface area contributed by atoms with E-state index in [0.717, 1.165) is 0 Å². The summed E-state index contributed by atoms with van der Waals surface area (Å²) in [6.07, 6.45) is 6.65. The first kappa shape index (κ1) is 12.6. The molecular formula is C16H24N4. The van der Waals surface area contributed by atoms with Crippen molar-refractivity contribution in [3.63, 3.8) is 0 Å². The molecule has 4 heteroatoms. The molecule has 108 valence electrons. The lowest BCUT2D eigenvalue weighted by Gasteiger charge is -2.48. The second-order valence-corrected chi connectivity index (χ2v) is 6.21. The number of hydrazine groups is 1. The monoisotopic (exact) mass is 272 g/mol. The van der Waals surface area contributed by atoms with Crippen molar-refractivity contribution >= 4 is 5.69 Å². The van der Waals surface area contributed by atoms with E-state index in [4.69, 9.17) is 0 Å². The van der Waals surface area contributed by atoms with E-state index in [-0.39, 0.29) is 5.79 Å². The molecule has 1 atom stereocenters. The molecular weight excluding hydrogens is 248 g/mol. The van der Waals surface area contributed by atoms with E-state index in [2.05, 4.69) is 44.9 Å². The predicted octanol–water partition coefficient (Wildman–Crippen LogP) is 2.31. The molecule has 3 aliphatic heterocycles. The highest BCUT2D eigenvalue weighted by atomic mass is 15.6. The lowest BCUT2D eigenvalue weighted by molar-refractivity contribution is -0.0786. The highest BCUT2D eigenvalue weighted by Gasteiger charge is 2.49. The van der Waals surface area contributed by atoms with Gasteiger partial charge in [0.1, 0.15) is 0 Å². The summed E-state index contributed by atoms with van der Waals surface area (Å²) in [4.78, 5) is 5.29. The number of nitrogens with zero attached hydrogens (tertiary/aromatic N) is 2. The van der Waals surface area contributed by atoms with Crippen LogP contribution in [0.25, 0.3) is 0 Å². The molecule has 1 aromatic carbocycles. The highest BCUT2D eigenvalue weighted by Crippen LogP contribution is 2.41. The molecule has 1 aromatic rings. The van der Waals surface area contributed by atoms with Crippen molar-refractivity contribution in [3.8, 4) is 0 Å². The van der Waals surface area contributed by atoms with E-state index in [1.165, 1.54) is 69.5 Å². The fraction of sp³-hybridized carbons (Fsp3) is 0.625. The molecule has 0 bridgehead atoms. The van der Waals surface area contributed by atoms with Crippen LogP contribution in [0.1, 0.15) is 37.7 Å². The first-order valence-corrected chi connectivity index (χ1v) is 8.04. The third-order valence-electron chi connectivity index (χ3n) is 5.05. The molecule has 0 saturated carbocycles. The van der Waals surface area contributed by atoms with Gasteiger partial charge in [-0.2, -0.15) is 5.43 Å². The zero-order chi connectivity index (χ0) is 13.4. The fourth-order valence-corrected chi connectivity index (χ4v) is 4.07. The van der Waals surface area contributed by atoms with Gasteiger partial charge in [0, 0.05) is 31.7 Å². The van der Waals surface area contributed by atoms with Crippen molar-refractivity contribution in [2.45, 2.75) is 37.9 Å². The Balaban J connectivity index is 1.77. The molecule has 2 fully saturated rings. The molecule has 20 heavy (non-hydrogen) atoms. The zero-order valence-electron chi connectivity index (χ0n) is 12.1. The van der Waals surface area contributed by atoms with Gasteiger partial charge in [0.05, 0.1) is 5.69 Å². The number of anilines is 1. The number of hydrogen-bond donors (Lipinski definition) is 2. The Morgan fingerprint density at radius 2 is 1.40 bits per heavy atom. The Hall–Kier alpha value is -1.10. The maximum atomic E-state index is 3.65. The van der Waals surface area contributed by atoms with Crippen LogP contribution in [0.15, 0.2) is 24.3 Å². The molecule has 3 aliphatic rings. The van der Waals surface area contributed by atoms with Gasteiger partial charge < -0.3 is 5.43 Å². The summed E-state index contributed by atoms with van der Waals surface area (Å²) in [6.45, 7) is 4.78. The van der Waals surface area contributed by atoms with E-state index in [1.54, 1.807) is 0 Å². The molecule has 2 N–H and O–H groups in total. The van der Waals surface area contributed by atoms with Gasteiger partial charge >= 0.3 is 0 Å². The quantitative estimate of drug-likeness (QED) is 0.865. The van der Waals surface area contributed by atoms with Gasteiger partial charge in [-0.3, -0.25) is 9.80 Å². The van der Waals surface area contributed by atoms with Crippen LogP contribution in [0.5, 0.6) is 0 Å². The third-order valence-corrected chi connectivity index (χ3v) is 5.05. The number of benzene rings is 1. The first-order chi connectivity index (χ1) is 9.91. The highest BCUT2D eigenvalue weighted by molar-refractivity contribution is 5.57. The van der Waals surface area contributed by atoms with Crippen LogP contribution < -0.4 is 10.9 Å². The van der Waals surface area contributed by atoms with Crippen LogP contribution in [0.4, 0.5) is 5.69 Å². The number of piperidine rings is 1. The second kappa shape index (κ2) is 5.02. The molecule has 4 rings (SSSR count). The number of hydrogen-bond acceptors (Lipinski definition) is 4. The lowest BCUT2D eigenvalue weighted by Crippen LogP contribution is -2.65. The first-order valence-electron chi connectivity index (χ1n) is 8.04. The summed E-state index contributed by atoms with van der Waals surface area (Å²) >= 11 is 0. The molecule has 0 radical (unpaired) electrons. The fourth-order valence-electron chi connectivity index (χ4n) is 4.07. The standard InChI is InChI=1S/C16H24N4/c1-4-10-19(11-5-1)16(20-12-6-7-13-20)14-8-2-3-9-15(14)17-18-16/h2-3,8-9,17-18H,1,4-7,10-13H2. The van der Waals surface area contributed by atoms with Gasteiger partial charge in [0.2, 0.25) is 0 Å². The van der Waals surface area contributed by atoms with E-state index in [9.17, 15) is 0 Å². The van der Waals surface area contributed by atoms with Crippen LogP contribution in [0, 0.1) is 0 Å². The van der Waals surface area contributed by atoms with E-state index < -0.39 is 0 Å². The van der Waals surface area contributed by atoms with Crippen LogP contribution in [-0.4, -0.2) is 36.0 Å². The number of likely N-dealkylation sites (tertiary alicyclic amines) is 2. The smallest absolute Gasteiger partial charge is 0.174 e. The van der Waals surface area contributed by atoms with Crippen molar-refractivity contribution in [3.05, 3.63) is 29.8 Å². The molecule has 0 aliphatic carbocycles. The van der Waals surface area contributed by atoms with Crippen molar-refractivity contribution in [2.75, 3.05) is 31.6 Å². The zero-order valence-corrected chi connectivity index (χ0v) is 12.1. The van der Waals surface area contributed by atoms with Gasteiger partial charge in [-0.25, -0.2) is 0 Å². The molecule has 3 heterocycles. The van der Waals surface area contributed by atoms with Gasteiger partial charge in [-0.1, -0.05) is 24.6 Å². The topological polar surface area (TPSA) is 30.5 Å². The number of rotatable bonds is 2. The normalized spacial score (nSPS) is 31.2. The van der Waals surface area contributed by atoms with Crippen LogP contribution >= 0.6 is 0 Å². The molecule has 0 amide bonds. The SMILES string of the molecule is c1ccc2c(c1)NNC2(N1CCCCC1)N1CCCC1. The summed E-state index contributed by atoms with van der Waals surface area (Å²) in [5, 5.41) is 0. The second-order valence-electron chi connectivity index (χ2n) is 6.21. The average molecular weight is 272 g/mol. The maximum Gasteiger partial charge on any atom is 0.174 e. The molecule has 0 spiro atoms. The Bertz CT molecular complexity index is 477. The third kappa shape index (κ3) is 1.79. The van der Waals surface area contributed by atoms with Gasteiger partial charge in [0.25, 0.3) is 0 Å². The summed E-state index contributed by atoms with van der Waals surface area (Å²) < 4.78 is 0.